The van der Waals surface area contributed by atoms with Gasteiger partial charge in [-0.3, -0.25) is 9.78 Å². The highest BCUT2D eigenvalue weighted by molar-refractivity contribution is 6.01. The van der Waals surface area contributed by atoms with Crippen LogP contribution in [0.25, 0.3) is 22.2 Å². The van der Waals surface area contributed by atoms with Crippen molar-refractivity contribution in [3.8, 4) is 11.1 Å². The summed E-state index contributed by atoms with van der Waals surface area (Å²) in [6.07, 6.45) is 1.81. The second kappa shape index (κ2) is 7.09. The zero-order valence-electron chi connectivity index (χ0n) is 14.6. The summed E-state index contributed by atoms with van der Waals surface area (Å²) >= 11 is 0. The van der Waals surface area contributed by atoms with Crippen molar-refractivity contribution in [2.75, 3.05) is 38.3 Å². The second-order valence-corrected chi connectivity index (χ2v) is 6.16. The molecule has 1 aliphatic heterocycles. The number of rotatable bonds is 3. The number of carbonyl (C=O) groups is 1. The van der Waals surface area contributed by atoms with E-state index in [-0.39, 0.29) is 5.91 Å². The highest BCUT2D eigenvalue weighted by atomic mass is 16.5. The fourth-order valence-electron chi connectivity index (χ4n) is 3.18. The van der Waals surface area contributed by atoms with Gasteiger partial charge in [-0.2, -0.15) is 0 Å². The van der Waals surface area contributed by atoms with Crippen LogP contribution in [0.3, 0.4) is 0 Å². The first-order valence-corrected chi connectivity index (χ1v) is 8.67. The minimum atomic E-state index is -0.103. The van der Waals surface area contributed by atoms with Crippen molar-refractivity contribution >= 4 is 22.8 Å². The van der Waals surface area contributed by atoms with E-state index < -0.39 is 0 Å². The van der Waals surface area contributed by atoms with Crippen LogP contribution < -0.4 is 10.2 Å². The normalized spacial score (nSPS) is 14.4. The third-order valence-electron chi connectivity index (χ3n) is 4.57. The van der Waals surface area contributed by atoms with Crippen LogP contribution in [0.2, 0.25) is 0 Å². The monoisotopic (exact) mass is 348 g/mol. The number of ether oxygens (including phenoxy) is 1. The maximum absolute atomic E-state index is 12.2. The number of anilines is 1. The lowest BCUT2D eigenvalue weighted by Crippen LogP contribution is -2.36. The summed E-state index contributed by atoms with van der Waals surface area (Å²) in [5.41, 5.74) is 4.13. The van der Waals surface area contributed by atoms with Crippen LogP contribution in [-0.2, 0) is 4.74 Å². The van der Waals surface area contributed by atoms with Gasteiger partial charge < -0.3 is 15.0 Å². The zero-order valence-corrected chi connectivity index (χ0v) is 14.6. The van der Waals surface area contributed by atoms with E-state index in [2.05, 4.69) is 15.2 Å². The lowest BCUT2D eigenvalue weighted by atomic mass is 9.98. The smallest absolute Gasteiger partial charge is 0.251 e. The Morgan fingerprint density at radius 3 is 2.73 bits per heavy atom. The minimum Gasteiger partial charge on any atom is -0.378 e. The Balaban J connectivity index is 1.76. The second-order valence-electron chi connectivity index (χ2n) is 6.16. The Morgan fingerprint density at radius 2 is 1.92 bits per heavy atom. The van der Waals surface area contributed by atoms with Crippen molar-refractivity contribution in [3.63, 3.8) is 0 Å². The van der Waals surface area contributed by atoms with Crippen LogP contribution in [0.1, 0.15) is 10.4 Å². The molecule has 6 nitrogen and oxygen atoms in total. The molecule has 0 unspecified atom stereocenters. The van der Waals surface area contributed by atoms with E-state index >= 15 is 0 Å². The fraction of sp³-hybridized carbons (Fsp3) is 0.250. The molecule has 1 aliphatic rings. The molecule has 0 radical (unpaired) electrons. The Bertz CT molecular complexity index is 951. The first-order valence-electron chi connectivity index (χ1n) is 8.67. The number of fused-ring (bicyclic) bond motifs is 1. The Kier molecular flexibility index (Phi) is 4.50. The van der Waals surface area contributed by atoms with E-state index in [1.165, 1.54) is 0 Å². The van der Waals surface area contributed by atoms with Crippen LogP contribution in [0.4, 0.5) is 5.82 Å². The predicted octanol–water partition coefficient (Wildman–Crippen LogP) is 2.49. The van der Waals surface area contributed by atoms with E-state index in [0.29, 0.717) is 18.8 Å². The van der Waals surface area contributed by atoms with E-state index in [1.54, 1.807) is 7.05 Å². The average molecular weight is 348 g/mol. The van der Waals surface area contributed by atoms with Crippen molar-refractivity contribution in [1.29, 1.82) is 0 Å². The first-order chi connectivity index (χ1) is 12.8. The molecule has 1 aromatic heterocycles. The van der Waals surface area contributed by atoms with Crippen LogP contribution in [0.15, 0.2) is 48.7 Å². The quantitative estimate of drug-likeness (QED) is 0.788. The highest BCUT2D eigenvalue weighted by Crippen LogP contribution is 2.27. The number of benzene rings is 2. The van der Waals surface area contributed by atoms with Crippen molar-refractivity contribution in [1.82, 2.24) is 15.3 Å². The first kappa shape index (κ1) is 16.5. The maximum atomic E-state index is 12.2. The minimum absolute atomic E-state index is 0.103. The molecule has 0 aliphatic carbocycles. The lowest BCUT2D eigenvalue weighted by Gasteiger charge is -2.27. The van der Waals surface area contributed by atoms with Crippen molar-refractivity contribution in [3.05, 3.63) is 54.2 Å². The van der Waals surface area contributed by atoms with E-state index in [1.807, 2.05) is 48.7 Å². The number of hydrogen-bond acceptors (Lipinski definition) is 5. The Labute approximate surface area is 151 Å². The molecule has 26 heavy (non-hydrogen) atoms. The number of hydrogen-bond donors (Lipinski definition) is 1. The fourth-order valence-corrected chi connectivity index (χ4v) is 3.18. The van der Waals surface area contributed by atoms with Gasteiger partial charge >= 0.3 is 0 Å². The molecule has 1 N–H and O–H groups in total. The van der Waals surface area contributed by atoms with Gasteiger partial charge in [-0.05, 0) is 29.3 Å². The summed E-state index contributed by atoms with van der Waals surface area (Å²) < 4.78 is 5.40. The number of nitrogens with zero attached hydrogens (tertiary/aromatic N) is 3. The molecule has 132 valence electrons. The molecule has 1 amide bonds. The summed E-state index contributed by atoms with van der Waals surface area (Å²) in [6.45, 7) is 3.05. The van der Waals surface area contributed by atoms with Gasteiger partial charge in [0.1, 0.15) is 5.82 Å². The van der Waals surface area contributed by atoms with E-state index in [4.69, 9.17) is 9.72 Å². The number of morpholine rings is 1. The molecule has 1 fully saturated rings. The van der Waals surface area contributed by atoms with Crippen molar-refractivity contribution < 1.29 is 9.53 Å². The molecular weight excluding hydrogens is 328 g/mol. The molecule has 1 saturated heterocycles. The van der Waals surface area contributed by atoms with Crippen LogP contribution in [0.5, 0.6) is 0 Å². The number of amides is 1. The van der Waals surface area contributed by atoms with Crippen LogP contribution >= 0.6 is 0 Å². The molecule has 3 aromatic rings. The number of nitrogens with one attached hydrogen (secondary N) is 1. The zero-order chi connectivity index (χ0) is 17.9. The molecule has 0 spiro atoms. The third kappa shape index (κ3) is 3.11. The molecule has 6 heteroatoms. The summed E-state index contributed by atoms with van der Waals surface area (Å²) in [4.78, 5) is 23.7. The Morgan fingerprint density at radius 1 is 1.12 bits per heavy atom. The van der Waals surface area contributed by atoms with Crippen molar-refractivity contribution in [2.24, 2.45) is 0 Å². The molecule has 0 bridgehead atoms. The van der Waals surface area contributed by atoms with Gasteiger partial charge in [0, 0.05) is 25.7 Å². The van der Waals surface area contributed by atoms with Gasteiger partial charge in [-0.1, -0.05) is 24.3 Å². The molecular formula is C20H20N4O2. The van der Waals surface area contributed by atoms with E-state index in [9.17, 15) is 4.79 Å². The largest absolute Gasteiger partial charge is 0.378 e. The van der Waals surface area contributed by atoms with Gasteiger partial charge in [-0.25, -0.2) is 4.98 Å². The predicted molar refractivity (Wildman–Crippen MR) is 101 cm³/mol. The van der Waals surface area contributed by atoms with Gasteiger partial charge in [0.05, 0.1) is 30.4 Å². The summed E-state index contributed by atoms with van der Waals surface area (Å²) in [5, 5.41) is 2.70. The maximum Gasteiger partial charge on any atom is 0.251 e. The Hall–Kier alpha value is -2.99. The van der Waals surface area contributed by atoms with Gasteiger partial charge in [0.25, 0.3) is 5.91 Å². The lowest BCUT2D eigenvalue weighted by molar-refractivity contribution is 0.0963. The number of aromatic nitrogens is 2. The molecule has 2 aromatic carbocycles. The summed E-state index contributed by atoms with van der Waals surface area (Å²) in [7, 11) is 1.64. The van der Waals surface area contributed by atoms with Gasteiger partial charge in [0.15, 0.2) is 0 Å². The van der Waals surface area contributed by atoms with E-state index in [0.717, 1.165) is 41.1 Å². The molecule has 4 rings (SSSR count). The SMILES string of the molecule is CNC(=O)c1ccccc1-c1ccc2ncc(N3CCOCC3)nc2c1. The molecule has 2 heterocycles. The van der Waals surface area contributed by atoms with Gasteiger partial charge in [-0.15, -0.1) is 0 Å². The topological polar surface area (TPSA) is 67.4 Å². The highest BCUT2D eigenvalue weighted by Gasteiger charge is 2.15. The van der Waals surface area contributed by atoms with Gasteiger partial charge in [0.2, 0.25) is 0 Å². The number of carbonyl (C=O) groups excluding carboxylic acids is 1. The molecule has 0 saturated carbocycles. The standard InChI is InChI=1S/C20H20N4O2/c1-21-20(25)16-5-3-2-4-15(16)14-6-7-17-18(12-14)23-19(13-22-17)24-8-10-26-11-9-24/h2-7,12-13H,8-11H2,1H3,(H,21,25). The average Bonchev–Trinajstić information content (AvgIpc) is 2.73. The summed E-state index contributed by atoms with van der Waals surface area (Å²) in [6, 6.07) is 13.5. The summed E-state index contributed by atoms with van der Waals surface area (Å²) in [5.74, 6) is 0.756. The van der Waals surface area contributed by atoms with Crippen molar-refractivity contribution in [2.45, 2.75) is 0 Å². The third-order valence-corrected chi connectivity index (χ3v) is 4.57. The van der Waals surface area contributed by atoms with Crippen LogP contribution in [-0.4, -0.2) is 49.2 Å². The molecule has 0 atom stereocenters. The van der Waals surface area contributed by atoms with Crippen LogP contribution in [0, 0.1) is 0 Å².